The minimum Gasteiger partial charge on any atom is -0.0776 e. The van der Waals surface area contributed by atoms with Crippen molar-refractivity contribution in [2.75, 3.05) is 0 Å². The van der Waals surface area contributed by atoms with Crippen LogP contribution in [0.3, 0.4) is 0 Å². The number of hydrogen-bond donors (Lipinski definition) is 0. The van der Waals surface area contributed by atoms with E-state index < -0.39 is 0 Å². The van der Waals surface area contributed by atoms with Crippen LogP contribution in [0.1, 0.15) is 118 Å². The molecule has 0 radical (unpaired) electrons. The monoisotopic (exact) mass is 491 g/mol. The van der Waals surface area contributed by atoms with E-state index in [-0.39, 0.29) is 7.43 Å². The first kappa shape index (κ1) is 58.5. The van der Waals surface area contributed by atoms with Crippen molar-refractivity contribution in [2.24, 2.45) is 0 Å². The summed E-state index contributed by atoms with van der Waals surface area (Å²) in [6.07, 6.45) is 0. The molecule has 0 N–H and O–H groups in total. The van der Waals surface area contributed by atoms with E-state index in [4.69, 9.17) is 0 Å². The lowest BCUT2D eigenvalue weighted by atomic mass is 10.4. The highest BCUT2D eigenvalue weighted by molar-refractivity contribution is 5.00. The number of benzene rings is 3. The van der Waals surface area contributed by atoms with Gasteiger partial charge in [-0.15, -0.1) is 0 Å². The number of rotatable bonds is 0. The average Bonchev–Trinajstić information content (AvgIpc) is 3.04. The van der Waals surface area contributed by atoms with Crippen LogP contribution in [0, 0.1) is 0 Å². The van der Waals surface area contributed by atoms with Crippen LogP contribution in [0.2, 0.25) is 0 Å². The largest absolute Gasteiger partial charge is 0.0776 e. The lowest BCUT2D eigenvalue weighted by Gasteiger charge is -1.69. The Morgan fingerprint density at radius 1 is 0.143 bits per heavy atom. The van der Waals surface area contributed by atoms with Crippen molar-refractivity contribution in [3.8, 4) is 0 Å². The fraction of sp³-hybridized carbons (Fsp3) is 0.486. The second-order valence-corrected chi connectivity index (χ2v) is 3.46. The fourth-order valence-electron chi connectivity index (χ4n) is 1.15. The maximum Gasteiger partial charge on any atom is -0.0623 e. The van der Waals surface area contributed by atoms with Crippen molar-refractivity contribution in [3.63, 3.8) is 0 Å². The summed E-state index contributed by atoms with van der Waals surface area (Å²) in [7, 11) is 0. The maximum absolute atomic E-state index is 2.00. The smallest absolute Gasteiger partial charge is 0.0623 e. The summed E-state index contributed by atoms with van der Waals surface area (Å²) >= 11 is 0. The van der Waals surface area contributed by atoms with Crippen LogP contribution < -0.4 is 0 Å². The van der Waals surface area contributed by atoms with Crippen molar-refractivity contribution in [3.05, 3.63) is 109 Å². The third kappa shape index (κ3) is 114. The molecule has 0 aromatic heterocycles. The topological polar surface area (TPSA) is 0 Å². The Labute approximate surface area is 227 Å². The predicted molar refractivity (Wildman–Crippen MR) is 177 cm³/mol. The van der Waals surface area contributed by atoms with Gasteiger partial charge in [-0.25, -0.2) is 0 Å². The third-order valence-electron chi connectivity index (χ3n) is 2.00. The van der Waals surface area contributed by atoms with Crippen molar-refractivity contribution in [1.29, 1.82) is 0 Å². The zero-order valence-corrected chi connectivity index (χ0v) is 26.4. The molecule has 0 amide bonds. The average molecular weight is 491 g/mol. The Balaban J connectivity index is -0.0000000321. The highest BCUT2D eigenvalue weighted by Gasteiger charge is 1.59. The highest BCUT2D eigenvalue weighted by Crippen LogP contribution is 1.81. The van der Waals surface area contributed by atoms with Crippen LogP contribution in [0.4, 0.5) is 0 Å². The summed E-state index contributed by atoms with van der Waals surface area (Å²) in [4.78, 5) is 0. The minimum absolute atomic E-state index is 0. The molecule has 35 heavy (non-hydrogen) atoms. The summed E-state index contributed by atoms with van der Waals surface area (Å²) in [6.45, 7) is 32.0. The number of hydrogen-bond acceptors (Lipinski definition) is 0. The van der Waals surface area contributed by atoms with E-state index in [0.717, 1.165) is 0 Å². The quantitative estimate of drug-likeness (QED) is 0.294. The van der Waals surface area contributed by atoms with Gasteiger partial charge in [0.15, 0.2) is 0 Å². The second kappa shape index (κ2) is 121. The molecular weight excluding hydrogens is 420 g/mol. The van der Waals surface area contributed by atoms with Crippen molar-refractivity contribution >= 4 is 0 Å². The Kier molecular flexibility index (Phi) is 203. The van der Waals surface area contributed by atoms with Crippen LogP contribution in [-0.2, 0) is 0 Å². The molecule has 0 aliphatic rings. The molecule has 3 aromatic rings. The first-order valence-corrected chi connectivity index (χ1v) is 14.0. The van der Waals surface area contributed by atoms with E-state index in [1.54, 1.807) is 0 Å². The fourth-order valence-corrected chi connectivity index (χ4v) is 1.15. The van der Waals surface area contributed by atoms with Gasteiger partial charge in [0.1, 0.15) is 0 Å². The Morgan fingerprint density at radius 2 is 0.171 bits per heavy atom. The van der Waals surface area contributed by atoms with Gasteiger partial charge < -0.3 is 0 Å². The van der Waals surface area contributed by atoms with E-state index in [0.29, 0.717) is 0 Å². The van der Waals surface area contributed by atoms with E-state index in [9.17, 15) is 0 Å². The van der Waals surface area contributed by atoms with Crippen molar-refractivity contribution in [2.45, 2.75) is 118 Å². The summed E-state index contributed by atoms with van der Waals surface area (Å²) in [5.41, 5.74) is 0. The molecule has 0 bridgehead atoms. The molecule has 0 heterocycles. The first-order chi connectivity index (χ1) is 17.0. The van der Waals surface area contributed by atoms with Gasteiger partial charge in [0, 0.05) is 0 Å². The SMILES string of the molecule is C.CC.CC.CC.CC.CC.CC.CC.CC.c1ccccc1.c1ccccc1.c1ccccc1. The zero-order chi connectivity index (χ0) is 28.7. The molecule has 0 unspecified atom stereocenters. The van der Waals surface area contributed by atoms with Crippen molar-refractivity contribution in [1.82, 2.24) is 0 Å². The molecule has 3 aromatic carbocycles. The van der Waals surface area contributed by atoms with Gasteiger partial charge in [-0.3, -0.25) is 0 Å². The molecule has 0 nitrogen and oxygen atoms in total. The highest BCUT2D eigenvalue weighted by atomic mass is 13.7. The molecule has 3 rings (SSSR count). The van der Waals surface area contributed by atoms with Crippen LogP contribution in [-0.4, -0.2) is 0 Å². The molecule has 0 heteroatoms. The summed E-state index contributed by atoms with van der Waals surface area (Å²) < 4.78 is 0. The summed E-state index contributed by atoms with van der Waals surface area (Å²) in [6, 6.07) is 36.0. The molecule has 0 spiro atoms. The molecular formula is C35H70. The molecule has 0 atom stereocenters. The molecule has 0 saturated carbocycles. The van der Waals surface area contributed by atoms with E-state index in [2.05, 4.69) is 0 Å². The lowest BCUT2D eigenvalue weighted by molar-refractivity contribution is 1.50. The molecule has 0 aliphatic carbocycles. The maximum atomic E-state index is 2.00. The molecule has 210 valence electrons. The van der Waals surface area contributed by atoms with Gasteiger partial charge in [-0.2, -0.15) is 0 Å². The van der Waals surface area contributed by atoms with Crippen LogP contribution in [0.25, 0.3) is 0 Å². The van der Waals surface area contributed by atoms with Gasteiger partial charge >= 0.3 is 0 Å². The van der Waals surface area contributed by atoms with Crippen molar-refractivity contribution < 1.29 is 0 Å². The molecule has 0 aliphatic heterocycles. The summed E-state index contributed by atoms with van der Waals surface area (Å²) in [5.74, 6) is 0. The summed E-state index contributed by atoms with van der Waals surface area (Å²) in [5, 5.41) is 0. The van der Waals surface area contributed by atoms with E-state index in [1.165, 1.54) is 0 Å². The standard InChI is InChI=1S/3C6H6.8C2H6.CH4/c3*1-2-4-6-5-3-1;8*1-2;/h3*1-6H;8*1-2H3;1H4. The Bertz CT molecular complexity index is 291. The van der Waals surface area contributed by atoms with E-state index in [1.807, 2.05) is 220 Å². The van der Waals surface area contributed by atoms with Crippen LogP contribution in [0.15, 0.2) is 109 Å². The Hall–Kier alpha value is -2.34. The van der Waals surface area contributed by atoms with Crippen LogP contribution in [0.5, 0.6) is 0 Å². The normalized spacial score (nSPS) is 5.49. The van der Waals surface area contributed by atoms with Gasteiger partial charge in [-0.05, 0) is 0 Å². The second-order valence-electron chi connectivity index (χ2n) is 3.46. The minimum atomic E-state index is 0. The van der Waals surface area contributed by atoms with Gasteiger partial charge in [0.05, 0.1) is 0 Å². The third-order valence-corrected chi connectivity index (χ3v) is 2.00. The van der Waals surface area contributed by atoms with Gasteiger partial charge in [0.2, 0.25) is 0 Å². The van der Waals surface area contributed by atoms with Gasteiger partial charge in [-0.1, -0.05) is 227 Å². The Morgan fingerprint density at radius 3 is 0.200 bits per heavy atom. The molecule has 0 fully saturated rings. The lowest BCUT2D eigenvalue weighted by Crippen LogP contribution is -1.47. The van der Waals surface area contributed by atoms with Gasteiger partial charge in [0.25, 0.3) is 0 Å². The van der Waals surface area contributed by atoms with Crippen LogP contribution >= 0.6 is 0 Å². The predicted octanol–water partition coefficient (Wildman–Crippen LogP) is 13.9. The van der Waals surface area contributed by atoms with E-state index >= 15 is 0 Å². The molecule has 0 saturated heterocycles. The zero-order valence-electron chi connectivity index (χ0n) is 26.4. The first-order valence-electron chi connectivity index (χ1n) is 14.0.